The first-order chi connectivity index (χ1) is 13.1. The third-order valence-corrected chi connectivity index (χ3v) is 4.52. The van der Waals surface area contributed by atoms with Crippen molar-refractivity contribution in [1.82, 2.24) is 4.90 Å². The molecular formula is C20H24FNO5S. The molecule has 0 atom stereocenters. The summed E-state index contributed by atoms with van der Waals surface area (Å²) in [5.74, 6) is -0.128. The van der Waals surface area contributed by atoms with Crippen LogP contribution in [0, 0.1) is 5.82 Å². The second kappa shape index (κ2) is 9.05. The molecule has 0 radical (unpaired) electrons. The molecule has 0 saturated heterocycles. The van der Waals surface area contributed by atoms with Gasteiger partial charge in [-0.3, -0.25) is 4.79 Å². The maximum atomic E-state index is 13.1. The van der Waals surface area contributed by atoms with Crippen molar-refractivity contribution in [2.75, 3.05) is 13.4 Å². The van der Waals surface area contributed by atoms with E-state index in [-0.39, 0.29) is 42.2 Å². The minimum atomic E-state index is -3.72. The molecule has 0 saturated carbocycles. The lowest BCUT2D eigenvalue weighted by atomic mass is 10.1. The summed E-state index contributed by atoms with van der Waals surface area (Å²) in [6.45, 7) is 4.04. The summed E-state index contributed by atoms with van der Waals surface area (Å²) >= 11 is 0. The fourth-order valence-electron chi connectivity index (χ4n) is 2.68. The molecule has 8 heteroatoms. The Hall–Kier alpha value is -2.61. The molecule has 6 nitrogen and oxygen atoms in total. The van der Waals surface area contributed by atoms with Crippen LogP contribution < -0.4 is 8.92 Å². The summed E-state index contributed by atoms with van der Waals surface area (Å²) in [6.07, 6.45) is 1.09. The number of nitrogens with zero attached hydrogens (tertiary/aromatic N) is 1. The summed E-state index contributed by atoms with van der Waals surface area (Å²) in [7, 11) is -2.31. The van der Waals surface area contributed by atoms with Crippen molar-refractivity contribution in [1.29, 1.82) is 0 Å². The van der Waals surface area contributed by atoms with Crippen LogP contribution in [0.5, 0.6) is 11.5 Å². The maximum Gasteiger partial charge on any atom is 0.306 e. The van der Waals surface area contributed by atoms with Gasteiger partial charge < -0.3 is 13.8 Å². The molecule has 0 fully saturated rings. The quantitative estimate of drug-likeness (QED) is 0.626. The van der Waals surface area contributed by atoms with Gasteiger partial charge in [0, 0.05) is 12.6 Å². The van der Waals surface area contributed by atoms with Crippen molar-refractivity contribution >= 4 is 16.0 Å². The lowest BCUT2D eigenvalue weighted by Crippen LogP contribution is -2.37. The van der Waals surface area contributed by atoms with Crippen LogP contribution in [0.1, 0.15) is 25.0 Å². The Morgan fingerprint density at radius 1 is 1.07 bits per heavy atom. The average molecular weight is 409 g/mol. The van der Waals surface area contributed by atoms with E-state index in [1.807, 2.05) is 13.8 Å². The molecule has 28 heavy (non-hydrogen) atoms. The first kappa shape index (κ1) is 21.7. The number of rotatable bonds is 8. The van der Waals surface area contributed by atoms with Gasteiger partial charge in [-0.25, -0.2) is 4.39 Å². The largest absolute Gasteiger partial charge is 0.493 e. The van der Waals surface area contributed by atoms with Crippen LogP contribution in [0.3, 0.4) is 0 Å². The molecule has 152 valence electrons. The van der Waals surface area contributed by atoms with Crippen molar-refractivity contribution < 1.29 is 26.5 Å². The van der Waals surface area contributed by atoms with E-state index < -0.39 is 10.1 Å². The zero-order valence-corrected chi connectivity index (χ0v) is 17.1. The van der Waals surface area contributed by atoms with E-state index >= 15 is 0 Å². The standard InChI is InChI=1S/C20H24FNO5S/c1-14(2)22(20(23)12-15-5-8-17(21)9-6-15)13-16-7-10-18(26-3)19(11-16)27-28(4,24)25/h5-11,14H,12-13H2,1-4H3. The Bertz CT molecular complexity index is 926. The minimum Gasteiger partial charge on any atom is -0.493 e. The number of amides is 1. The molecule has 0 spiro atoms. The molecule has 0 unspecified atom stereocenters. The van der Waals surface area contributed by atoms with Crippen LogP contribution in [-0.2, 0) is 27.9 Å². The topological polar surface area (TPSA) is 72.9 Å². The SMILES string of the molecule is COc1ccc(CN(C(=O)Cc2ccc(F)cc2)C(C)C)cc1OS(C)(=O)=O. The van der Waals surface area contributed by atoms with Gasteiger partial charge in [0.05, 0.1) is 19.8 Å². The van der Waals surface area contributed by atoms with Crippen LogP contribution in [0.15, 0.2) is 42.5 Å². The highest BCUT2D eigenvalue weighted by Crippen LogP contribution is 2.30. The summed E-state index contributed by atoms with van der Waals surface area (Å²) in [5.41, 5.74) is 1.41. The number of carbonyl (C=O) groups is 1. The normalized spacial score (nSPS) is 11.4. The molecule has 2 rings (SSSR count). The van der Waals surface area contributed by atoms with E-state index in [2.05, 4.69) is 0 Å². The Kier molecular flexibility index (Phi) is 7.01. The van der Waals surface area contributed by atoms with Crippen molar-refractivity contribution in [3.05, 3.63) is 59.4 Å². The van der Waals surface area contributed by atoms with Crippen molar-refractivity contribution in [3.8, 4) is 11.5 Å². The Balaban J connectivity index is 2.22. The van der Waals surface area contributed by atoms with Crippen LogP contribution in [0.4, 0.5) is 4.39 Å². The molecule has 2 aromatic rings. The third kappa shape index (κ3) is 6.23. The van der Waals surface area contributed by atoms with E-state index in [4.69, 9.17) is 8.92 Å². The maximum absolute atomic E-state index is 13.1. The molecule has 1 amide bonds. The van der Waals surface area contributed by atoms with Gasteiger partial charge in [-0.2, -0.15) is 8.42 Å². The van der Waals surface area contributed by atoms with Crippen LogP contribution in [-0.4, -0.2) is 38.6 Å². The van der Waals surface area contributed by atoms with E-state index in [1.54, 1.807) is 35.2 Å². The van der Waals surface area contributed by atoms with Crippen molar-refractivity contribution in [2.45, 2.75) is 32.9 Å². The predicted molar refractivity (Wildman–Crippen MR) is 104 cm³/mol. The van der Waals surface area contributed by atoms with E-state index in [0.29, 0.717) is 11.1 Å². The number of methoxy groups -OCH3 is 1. The molecule has 2 aromatic carbocycles. The van der Waals surface area contributed by atoms with Gasteiger partial charge in [0.2, 0.25) is 5.91 Å². The summed E-state index contributed by atoms with van der Waals surface area (Å²) in [5, 5.41) is 0. The van der Waals surface area contributed by atoms with Gasteiger partial charge in [-0.05, 0) is 49.2 Å². The van der Waals surface area contributed by atoms with Crippen molar-refractivity contribution in [2.24, 2.45) is 0 Å². The van der Waals surface area contributed by atoms with Gasteiger partial charge in [-0.15, -0.1) is 0 Å². The van der Waals surface area contributed by atoms with Gasteiger partial charge in [-0.1, -0.05) is 18.2 Å². The fourth-order valence-corrected chi connectivity index (χ4v) is 3.14. The molecule has 0 heterocycles. The smallest absolute Gasteiger partial charge is 0.306 e. The number of ether oxygens (including phenoxy) is 1. The Morgan fingerprint density at radius 2 is 1.68 bits per heavy atom. The fraction of sp³-hybridized carbons (Fsp3) is 0.350. The monoisotopic (exact) mass is 409 g/mol. The Labute approximate surface area is 165 Å². The molecular weight excluding hydrogens is 385 g/mol. The first-order valence-corrected chi connectivity index (χ1v) is 10.5. The average Bonchev–Trinajstić information content (AvgIpc) is 2.60. The van der Waals surface area contributed by atoms with Crippen LogP contribution in [0.25, 0.3) is 0 Å². The summed E-state index contributed by atoms with van der Waals surface area (Å²) in [6, 6.07) is 10.6. The van der Waals surface area contributed by atoms with Crippen LogP contribution in [0.2, 0.25) is 0 Å². The molecule has 0 aliphatic heterocycles. The lowest BCUT2D eigenvalue weighted by molar-refractivity contribution is -0.132. The van der Waals surface area contributed by atoms with E-state index in [1.165, 1.54) is 19.2 Å². The van der Waals surface area contributed by atoms with Gasteiger partial charge >= 0.3 is 10.1 Å². The second-order valence-electron chi connectivity index (χ2n) is 6.69. The lowest BCUT2D eigenvalue weighted by Gasteiger charge is -2.27. The minimum absolute atomic E-state index is 0.0668. The highest BCUT2D eigenvalue weighted by molar-refractivity contribution is 7.86. The van der Waals surface area contributed by atoms with Gasteiger partial charge in [0.25, 0.3) is 0 Å². The van der Waals surface area contributed by atoms with Gasteiger partial charge in [0.1, 0.15) is 5.82 Å². The number of halogens is 1. The van der Waals surface area contributed by atoms with E-state index in [9.17, 15) is 17.6 Å². The zero-order valence-electron chi connectivity index (χ0n) is 16.3. The number of benzene rings is 2. The number of hydrogen-bond acceptors (Lipinski definition) is 5. The molecule has 0 aliphatic rings. The van der Waals surface area contributed by atoms with Crippen molar-refractivity contribution in [3.63, 3.8) is 0 Å². The molecule has 0 aliphatic carbocycles. The first-order valence-electron chi connectivity index (χ1n) is 8.69. The van der Waals surface area contributed by atoms with Crippen LogP contribution >= 0.6 is 0 Å². The number of carbonyl (C=O) groups excluding carboxylic acids is 1. The predicted octanol–water partition coefficient (Wildman–Crippen LogP) is 3.15. The highest BCUT2D eigenvalue weighted by Gasteiger charge is 2.19. The highest BCUT2D eigenvalue weighted by atomic mass is 32.2. The summed E-state index contributed by atoms with van der Waals surface area (Å²) < 4.78 is 46.1. The molecule has 0 aromatic heterocycles. The third-order valence-electron chi connectivity index (χ3n) is 4.03. The molecule has 0 bridgehead atoms. The Morgan fingerprint density at radius 3 is 2.21 bits per heavy atom. The van der Waals surface area contributed by atoms with Gasteiger partial charge in [0.15, 0.2) is 11.5 Å². The molecule has 0 N–H and O–H groups in total. The zero-order chi connectivity index (χ0) is 20.9. The van der Waals surface area contributed by atoms with E-state index in [0.717, 1.165) is 6.26 Å². The number of hydrogen-bond donors (Lipinski definition) is 0. The second-order valence-corrected chi connectivity index (χ2v) is 8.27. The summed E-state index contributed by atoms with van der Waals surface area (Å²) in [4.78, 5) is 14.4.